The Bertz CT molecular complexity index is 1610. The Labute approximate surface area is 380 Å². The van der Waals surface area contributed by atoms with Crippen molar-refractivity contribution in [1.82, 2.24) is 0 Å². The first kappa shape index (κ1) is 70.4. The van der Waals surface area contributed by atoms with Crippen molar-refractivity contribution in [2.45, 2.75) is 91.8 Å². The van der Waals surface area contributed by atoms with Crippen LogP contribution in [0.2, 0.25) is 0 Å². The number of alkyl halides is 44. The lowest BCUT2D eigenvalue weighted by atomic mass is 10.7. The van der Waals surface area contributed by atoms with Crippen molar-refractivity contribution >= 4 is 70.4 Å². The molecule has 4 atom stereocenters. The zero-order valence-corrected chi connectivity index (χ0v) is 40.0. The van der Waals surface area contributed by atoms with Crippen LogP contribution in [0.5, 0.6) is 0 Å². The van der Waals surface area contributed by atoms with Gasteiger partial charge in [-0.15, -0.1) is 0 Å². The minimum absolute atomic E-state index is 1.30. The van der Waals surface area contributed by atoms with Crippen molar-refractivity contribution in [2.24, 2.45) is 0 Å². The van der Waals surface area contributed by atoms with Gasteiger partial charge >= 0.3 is 162 Å². The molecule has 0 saturated carbocycles. The number of halogens is 44. The first-order valence-corrected chi connectivity index (χ1v) is 29.5. The van der Waals surface area contributed by atoms with E-state index in [1.54, 1.807) is 0 Å². The van der Waals surface area contributed by atoms with Gasteiger partial charge in [0.05, 0.1) is 0 Å². The van der Waals surface area contributed by atoms with Gasteiger partial charge in [0.1, 0.15) is 0 Å². The average molecular weight is 1350 g/mol. The summed E-state index contributed by atoms with van der Waals surface area (Å²) in [6.07, 6.45) is 0. The highest BCUT2D eigenvalue weighted by molar-refractivity contribution is 6.93. The van der Waals surface area contributed by atoms with Crippen LogP contribution in [0.25, 0.3) is 0 Å². The molecule has 74 heavy (non-hydrogen) atoms. The molecule has 0 aromatic heterocycles. The van der Waals surface area contributed by atoms with Gasteiger partial charge in [-0.3, -0.25) is 0 Å². The molecule has 1 heterocycles. The largest absolute Gasteiger partial charge is 0.555 e. The summed E-state index contributed by atoms with van der Waals surface area (Å²) in [6, 6.07) is 0. The highest BCUT2D eigenvalue weighted by atomic mass is 28.5. The molecule has 0 aromatic rings. The Morgan fingerprint density at radius 3 is 0.365 bits per heavy atom. The van der Waals surface area contributed by atoms with Gasteiger partial charge in [0.25, 0.3) is 0 Å². The quantitative estimate of drug-likeness (QED) is 0.178. The van der Waals surface area contributed by atoms with Gasteiger partial charge in [-0.2, -0.15) is 158 Å². The van der Waals surface area contributed by atoms with Crippen LogP contribution in [-0.2, 0) is 24.7 Å². The molecule has 0 N–H and O–H groups in total. The third-order valence-corrected chi connectivity index (χ3v) is 35.0. The minimum Gasteiger partial charge on any atom is -0.416 e. The van der Waals surface area contributed by atoms with Gasteiger partial charge in [-0.1, -0.05) is 0 Å². The molecule has 0 amide bonds. The van der Waals surface area contributed by atoms with Gasteiger partial charge in [0.2, 0.25) is 0 Å². The summed E-state index contributed by atoms with van der Waals surface area (Å²) in [5, 5.41) is 0. The summed E-state index contributed by atoms with van der Waals surface area (Å²) in [7, 11) is -92.3. The van der Waals surface area contributed by atoms with Crippen LogP contribution in [-0.4, -0.2) is 162 Å². The molecule has 1 rings (SSSR count). The van der Waals surface area contributed by atoms with E-state index in [0.29, 0.717) is 0 Å². The van der Waals surface area contributed by atoms with E-state index < -0.39 is 162 Å². The van der Waals surface area contributed by atoms with E-state index >= 15 is 35.1 Å². The maximum absolute atomic E-state index is 15.4. The van der Waals surface area contributed by atoms with Crippen molar-refractivity contribution in [3.05, 3.63) is 0 Å². The standard InChI is InChI=1S/C16H4F44O6Si8/c17-1(18)2(19,20)68(6(28,29)30)62-72(11(43,44)45,12(46,47)48)66-74(15(55,56)57,16(58,59)60)64-70(8(34,35)36)4(23,24)3(21,22)69(7(31,32)33)63-73(13(49,50)51,14(52,53)54)65-71(9(37,38)39,10(40,41)42)61-67(1)5(25,26)27/h67-70H. The predicted molar refractivity (Wildman–Crippen MR) is 151 cm³/mol. The maximum Gasteiger partial charge on any atom is 0.555 e. The van der Waals surface area contributed by atoms with E-state index in [2.05, 4.69) is 0 Å². The lowest BCUT2D eigenvalue weighted by Crippen LogP contribution is -2.85. The minimum atomic E-state index is -12.3. The monoisotopic (exact) mass is 1350 g/mol. The van der Waals surface area contributed by atoms with E-state index in [1.807, 2.05) is 0 Å². The molecule has 0 bridgehead atoms. The normalized spacial score (nSPS) is 27.7. The second-order valence-electron chi connectivity index (χ2n) is 13.3. The first-order valence-electron chi connectivity index (χ1n) is 15.7. The lowest BCUT2D eigenvalue weighted by molar-refractivity contribution is -0.201. The summed E-state index contributed by atoms with van der Waals surface area (Å²) < 4.78 is 643. The number of hydrogen-bond donors (Lipinski definition) is 0. The predicted octanol–water partition coefficient (Wildman–Crippen LogP) is 10.7. The molecule has 0 radical (unpaired) electrons. The van der Waals surface area contributed by atoms with Crippen LogP contribution in [0.1, 0.15) is 0 Å². The maximum atomic E-state index is 15.4. The van der Waals surface area contributed by atoms with Crippen molar-refractivity contribution in [3.8, 4) is 0 Å². The van der Waals surface area contributed by atoms with Crippen molar-refractivity contribution in [1.29, 1.82) is 0 Å². The highest BCUT2D eigenvalue weighted by Crippen LogP contribution is 2.60. The van der Waals surface area contributed by atoms with Gasteiger partial charge in [-0.25, -0.2) is 35.1 Å². The van der Waals surface area contributed by atoms with E-state index in [-0.39, 0.29) is 0 Å². The number of rotatable bonds is 0. The molecule has 1 fully saturated rings. The van der Waals surface area contributed by atoms with Crippen LogP contribution in [0.4, 0.5) is 193 Å². The SMILES string of the molecule is FC(F)(F)[SiH]1O[Si](C(F)(F)F)(C(F)(F)F)O[Si](C(F)(F)F)(C(F)(F)F)O[SiH](C(F)(F)F)C(F)(F)C(F)(F)[SiH](C(F)(F)F)O[Si](C(F)(F)F)(C(F)(F)F)O[Si](C(F)(F)F)(C(F)(F)F)O[SiH](C(F)(F)F)C(F)(F)C1(F)F. The van der Waals surface area contributed by atoms with Crippen molar-refractivity contribution in [3.63, 3.8) is 0 Å². The summed E-state index contributed by atoms with van der Waals surface area (Å²) in [5.41, 5.74) is -39.0. The van der Waals surface area contributed by atoms with E-state index in [9.17, 15) is 158 Å². The lowest BCUT2D eigenvalue weighted by Gasteiger charge is -2.48. The average Bonchev–Trinajstić information content (AvgIpc) is 3.03. The Hall–Kier alpha value is -1.58. The third kappa shape index (κ3) is 12.0. The molecule has 6 nitrogen and oxygen atoms in total. The summed E-state index contributed by atoms with van der Waals surface area (Å²) >= 11 is 0. The number of hydrogen-bond acceptors (Lipinski definition) is 6. The van der Waals surface area contributed by atoms with Crippen LogP contribution in [0.3, 0.4) is 0 Å². The van der Waals surface area contributed by atoms with Gasteiger partial charge in [-0.05, 0) is 0 Å². The van der Waals surface area contributed by atoms with E-state index in [0.717, 1.165) is 0 Å². The zero-order chi connectivity index (χ0) is 60.6. The van der Waals surface area contributed by atoms with Crippen LogP contribution >= 0.6 is 0 Å². The van der Waals surface area contributed by atoms with Crippen molar-refractivity contribution in [2.75, 3.05) is 0 Å². The van der Waals surface area contributed by atoms with Gasteiger partial charge < -0.3 is 24.7 Å². The molecule has 4 unspecified atom stereocenters. The first-order chi connectivity index (χ1) is 31.3. The molecule has 1 aliphatic heterocycles. The van der Waals surface area contributed by atoms with E-state index in [1.165, 1.54) is 24.7 Å². The topological polar surface area (TPSA) is 55.4 Å². The molecule has 0 spiro atoms. The molecular weight excluding hydrogens is 1350 g/mol. The second-order valence-corrected chi connectivity index (χ2v) is 36.7. The van der Waals surface area contributed by atoms with Crippen LogP contribution in [0.15, 0.2) is 0 Å². The fourth-order valence-electron chi connectivity index (χ4n) is 4.89. The second kappa shape index (κ2) is 19.0. The Morgan fingerprint density at radius 1 is 0.203 bits per heavy atom. The molecule has 0 aromatic carbocycles. The summed E-state index contributed by atoms with van der Waals surface area (Å²) in [4.78, 5) is 0. The summed E-state index contributed by atoms with van der Waals surface area (Å²) in [5.74, 6) is -112. The Morgan fingerprint density at radius 2 is 0.297 bits per heavy atom. The Balaban J connectivity index is 5.72. The molecule has 1 aliphatic rings. The molecule has 1 saturated heterocycles. The van der Waals surface area contributed by atoms with Gasteiger partial charge in [0.15, 0.2) is 0 Å². The molecule has 444 valence electrons. The molecule has 58 heteroatoms. The fourth-order valence-corrected chi connectivity index (χ4v) is 34.6. The van der Waals surface area contributed by atoms with E-state index in [4.69, 9.17) is 0 Å². The van der Waals surface area contributed by atoms with Crippen LogP contribution < -0.4 is 0 Å². The Kier molecular flexibility index (Phi) is 18.1. The summed E-state index contributed by atoms with van der Waals surface area (Å²) in [6.45, 7) is 0. The molecule has 0 aliphatic carbocycles. The fraction of sp³-hybridized carbons (Fsp3) is 1.00. The highest BCUT2D eigenvalue weighted by Gasteiger charge is 2.97. The van der Waals surface area contributed by atoms with Crippen molar-refractivity contribution < 1.29 is 218 Å². The smallest absolute Gasteiger partial charge is 0.416 e. The van der Waals surface area contributed by atoms with Crippen LogP contribution in [0, 0.1) is 0 Å². The third-order valence-electron chi connectivity index (χ3n) is 8.09. The molecular formula is C16H4F44O6Si8. The van der Waals surface area contributed by atoms with Gasteiger partial charge in [0, 0.05) is 0 Å². The zero-order valence-electron chi connectivity index (χ0n) is 31.4.